The van der Waals surface area contributed by atoms with Crippen molar-refractivity contribution in [3.05, 3.63) is 66.2 Å². The van der Waals surface area contributed by atoms with E-state index in [0.717, 1.165) is 54.3 Å². The van der Waals surface area contributed by atoms with E-state index in [1.165, 1.54) is 12.8 Å². The third-order valence-electron chi connectivity index (χ3n) is 6.72. The zero-order chi connectivity index (χ0) is 22.9. The average molecular weight is 455 g/mol. The van der Waals surface area contributed by atoms with Crippen LogP contribution in [0.25, 0.3) is 22.2 Å². The summed E-state index contributed by atoms with van der Waals surface area (Å²) in [7, 11) is 0. The number of carbonyl (C=O) groups is 1. The lowest BCUT2D eigenvalue weighted by Crippen LogP contribution is -2.49. The summed E-state index contributed by atoms with van der Waals surface area (Å²) in [6, 6.07) is 19.5. The highest BCUT2D eigenvalue weighted by atomic mass is 16.5. The van der Waals surface area contributed by atoms with Gasteiger partial charge in [-0.2, -0.15) is 0 Å². The Morgan fingerprint density at radius 3 is 2.12 bits per heavy atom. The Labute approximate surface area is 197 Å². The summed E-state index contributed by atoms with van der Waals surface area (Å²) in [4.78, 5) is 19.6. The van der Waals surface area contributed by atoms with Crippen LogP contribution in [0.15, 0.2) is 65.2 Å². The molecule has 4 aromatic rings. The molecular formula is C26H26N6O2. The van der Waals surface area contributed by atoms with Crippen LogP contribution in [0.1, 0.15) is 23.2 Å². The molecule has 8 nitrogen and oxygen atoms in total. The molecule has 0 spiro atoms. The normalized spacial score (nSPS) is 16.4. The molecule has 0 atom stereocenters. The van der Waals surface area contributed by atoms with E-state index < -0.39 is 0 Å². The monoisotopic (exact) mass is 454 g/mol. The van der Waals surface area contributed by atoms with E-state index in [1.807, 2.05) is 59.5 Å². The number of benzene rings is 2. The molecule has 0 saturated carbocycles. The van der Waals surface area contributed by atoms with Crippen LogP contribution in [-0.4, -0.2) is 65.4 Å². The van der Waals surface area contributed by atoms with Gasteiger partial charge < -0.3 is 19.2 Å². The lowest BCUT2D eigenvalue weighted by Gasteiger charge is -2.35. The molecule has 172 valence electrons. The fourth-order valence-electron chi connectivity index (χ4n) is 4.80. The summed E-state index contributed by atoms with van der Waals surface area (Å²) < 4.78 is 5.59. The zero-order valence-corrected chi connectivity index (χ0v) is 18.9. The van der Waals surface area contributed by atoms with Gasteiger partial charge in [-0.1, -0.05) is 35.5 Å². The first-order chi connectivity index (χ1) is 16.8. The fourth-order valence-corrected chi connectivity index (χ4v) is 4.80. The number of anilines is 2. The van der Waals surface area contributed by atoms with Crippen LogP contribution >= 0.6 is 0 Å². The van der Waals surface area contributed by atoms with Crippen LogP contribution in [0.3, 0.4) is 0 Å². The Bertz CT molecular complexity index is 1290. The van der Waals surface area contributed by atoms with Crippen molar-refractivity contribution in [3.8, 4) is 11.3 Å². The quantitative estimate of drug-likeness (QED) is 0.463. The van der Waals surface area contributed by atoms with Crippen LogP contribution in [0.4, 0.5) is 11.6 Å². The van der Waals surface area contributed by atoms with E-state index >= 15 is 0 Å². The maximum atomic E-state index is 13.3. The molecule has 34 heavy (non-hydrogen) atoms. The molecule has 0 radical (unpaired) electrons. The van der Waals surface area contributed by atoms with Gasteiger partial charge in [0.2, 0.25) is 0 Å². The largest absolute Gasteiger partial charge is 0.355 e. The standard InChI is InChI=1S/C26H26N6O2/c33-26(20-8-9-22-21(18-20)25(34-29-22)19-6-2-1-3-7-19)32-16-14-31(15-17-32)24-11-10-23(27-28-24)30-12-4-5-13-30/h1-3,6-11,18H,4-5,12-17H2. The van der Waals surface area contributed by atoms with E-state index in [-0.39, 0.29) is 5.91 Å². The molecule has 0 N–H and O–H groups in total. The van der Waals surface area contributed by atoms with Crippen molar-refractivity contribution in [1.29, 1.82) is 0 Å². The summed E-state index contributed by atoms with van der Waals surface area (Å²) in [5, 5.41) is 13.9. The Balaban J connectivity index is 1.14. The van der Waals surface area contributed by atoms with Gasteiger partial charge in [-0.05, 0) is 43.2 Å². The van der Waals surface area contributed by atoms with Crippen molar-refractivity contribution in [1.82, 2.24) is 20.3 Å². The van der Waals surface area contributed by atoms with Gasteiger partial charge in [0.25, 0.3) is 5.91 Å². The van der Waals surface area contributed by atoms with Gasteiger partial charge in [-0.15, -0.1) is 10.2 Å². The summed E-state index contributed by atoms with van der Waals surface area (Å²) in [6.07, 6.45) is 2.44. The Kier molecular flexibility index (Phi) is 5.33. The lowest BCUT2D eigenvalue weighted by atomic mass is 10.1. The van der Waals surface area contributed by atoms with E-state index in [1.54, 1.807) is 0 Å². The highest BCUT2D eigenvalue weighted by Crippen LogP contribution is 2.29. The SMILES string of the molecule is O=C(c1ccc2noc(-c3ccccc3)c2c1)N1CCN(c2ccc(N3CCCC3)nn2)CC1. The Morgan fingerprint density at radius 1 is 0.765 bits per heavy atom. The second-order valence-electron chi connectivity index (χ2n) is 8.83. The minimum atomic E-state index is 0.0252. The number of aromatic nitrogens is 3. The van der Waals surface area contributed by atoms with Crippen LogP contribution < -0.4 is 9.80 Å². The smallest absolute Gasteiger partial charge is 0.254 e. The number of rotatable bonds is 4. The number of nitrogens with zero attached hydrogens (tertiary/aromatic N) is 6. The second kappa shape index (κ2) is 8.78. The van der Waals surface area contributed by atoms with Crippen molar-refractivity contribution >= 4 is 28.4 Å². The lowest BCUT2D eigenvalue weighted by molar-refractivity contribution is 0.0746. The molecule has 2 aromatic carbocycles. The third kappa shape index (κ3) is 3.85. The van der Waals surface area contributed by atoms with Gasteiger partial charge in [-0.3, -0.25) is 4.79 Å². The predicted molar refractivity (Wildman–Crippen MR) is 131 cm³/mol. The average Bonchev–Trinajstić information content (AvgIpc) is 3.59. The number of carbonyl (C=O) groups excluding carboxylic acids is 1. The van der Waals surface area contributed by atoms with Crippen molar-refractivity contribution in [2.24, 2.45) is 0 Å². The number of piperazine rings is 1. The van der Waals surface area contributed by atoms with Crippen molar-refractivity contribution < 1.29 is 9.32 Å². The molecule has 0 bridgehead atoms. The minimum absolute atomic E-state index is 0.0252. The van der Waals surface area contributed by atoms with Crippen molar-refractivity contribution in [3.63, 3.8) is 0 Å². The highest BCUT2D eigenvalue weighted by Gasteiger charge is 2.24. The fraction of sp³-hybridized carbons (Fsp3) is 0.308. The predicted octanol–water partition coefficient (Wildman–Crippen LogP) is 3.85. The Hall–Kier alpha value is -3.94. The van der Waals surface area contributed by atoms with Crippen molar-refractivity contribution in [2.45, 2.75) is 12.8 Å². The van der Waals surface area contributed by atoms with E-state index in [0.29, 0.717) is 24.4 Å². The van der Waals surface area contributed by atoms with Crippen LogP contribution in [0, 0.1) is 0 Å². The van der Waals surface area contributed by atoms with Gasteiger partial charge in [0.05, 0.1) is 5.39 Å². The number of hydrogen-bond acceptors (Lipinski definition) is 7. The van der Waals surface area contributed by atoms with Crippen LogP contribution in [0.2, 0.25) is 0 Å². The number of fused-ring (bicyclic) bond motifs is 1. The van der Waals surface area contributed by atoms with Gasteiger partial charge in [-0.25, -0.2) is 0 Å². The van der Waals surface area contributed by atoms with E-state index in [4.69, 9.17) is 4.52 Å². The van der Waals surface area contributed by atoms with E-state index in [2.05, 4.69) is 31.2 Å². The van der Waals surface area contributed by atoms with E-state index in [9.17, 15) is 4.79 Å². The molecule has 0 aliphatic carbocycles. The molecule has 2 aromatic heterocycles. The highest BCUT2D eigenvalue weighted by molar-refractivity contribution is 6.01. The molecule has 4 heterocycles. The molecule has 8 heteroatoms. The summed E-state index contributed by atoms with van der Waals surface area (Å²) in [6.45, 7) is 4.86. The molecule has 2 fully saturated rings. The van der Waals surface area contributed by atoms with Gasteiger partial charge >= 0.3 is 0 Å². The summed E-state index contributed by atoms with van der Waals surface area (Å²) >= 11 is 0. The molecule has 6 rings (SSSR count). The minimum Gasteiger partial charge on any atom is -0.355 e. The maximum Gasteiger partial charge on any atom is 0.254 e. The van der Waals surface area contributed by atoms with Crippen LogP contribution in [0.5, 0.6) is 0 Å². The first-order valence-electron chi connectivity index (χ1n) is 11.8. The maximum absolute atomic E-state index is 13.3. The molecule has 1 amide bonds. The number of amides is 1. The molecule has 2 aliphatic heterocycles. The van der Waals surface area contributed by atoms with Gasteiger partial charge in [0, 0.05) is 50.4 Å². The van der Waals surface area contributed by atoms with Crippen LogP contribution in [-0.2, 0) is 0 Å². The molecule has 2 aliphatic rings. The first-order valence-corrected chi connectivity index (χ1v) is 11.8. The molecule has 2 saturated heterocycles. The van der Waals surface area contributed by atoms with Gasteiger partial charge in [0.1, 0.15) is 5.52 Å². The van der Waals surface area contributed by atoms with Crippen molar-refractivity contribution in [2.75, 3.05) is 49.1 Å². The Morgan fingerprint density at radius 2 is 1.44 bits per heavy atom. The second-order valence-corrected chi connectivity index (χ2v) is 8.83. The zero-order valence-electron chi connectivity index (χ0n) is 18.9. The molecule has 0 unspecified atom stereocenters. The third-order valence-corrected chi connectivity index (χ3v) is 6.72. The molecular weight excluding hydrogens is 428 g/mol. The van der Waals surface area contributed by atoms with Gasteiger partial charge in [0.15, 0.2) is 17.4 Å². The summed E-state index contributed by atoms with van der Waals surface area (Å²) in [5.41, 5.74) is 2.34. The summed E-state index contributed by atoms with van der Waals surface area (Å²) in [5.74, 6) is 2.53. The topological polar surface area (TPSA) is 78.6 Å². The number of hydrogen-bond donors (Lipinski definition) is 0. The first kappa shape index (κ1) is 20.7.